The lowest BCUT2D eigenvalue weighted by Gasteiger charge is -2.27. The van der Waals surface area contributed by atoms with Gasteiger partial charge in [0.15, 0.2) is 0 Å². The van der Waals surface area contributed by atoms with Gasteiger partial charge in [0.05, 0.1) is 0 Å². The number of anilines is 3. The van der Waals surface area contributed by atoms with Crippen LogP contribution < -0.4 is 4.90 Å². The number of hydrogen-bond acceptors (Lipinski definition) is 2. The maximum Gasteiger partial charge on any atom is 0.0468 e. The van der Waals surface area contributed by atoms with Crippen molar-refractivity contribution in [1.29, 1.82) is 0 Å². The topological polar surface area (TPSA) is 3.24 Å². The molecule has 0 fully saturated rings. The predicted octanol–water partition coefficient (Wildman–Crippen LogP) is 13.7. The Balaban J connectivity index is 1.23. The standard InChI is InChI=1S/C46H31NS/c1-4-12-32(13-5-1)33-20-23-38(24-21-33)47(39-25-22-36-29-44-42-18-10-11-19-45(42)48-46(44)30-37(36)28-39)40-26-27-41(34-14-6-2-7-15-34)43(31-40)35-16-8-3-9-17-35/h1-31H. The molecule has 8 aromatic carbocycles. The van der Waals surface area contributed by atoms with Crippen LogP contribution in [-0.4, -0.2) is 0 Å². The molecule has 0 aliphatic carbocycles. The average Bonchev–Trinajstić information content (AvgIpc) is 3.52. The van der Waals surface area contributed by atoms with E-state index in [1.165, 1.54) is 64.3 Å². The van der Waals surface area contributed by atoms with Crippen LogP contribution in [0.1, 0.15) is 0 Å². The van der Waals surface area contributed by atoms with Crippen molar-refractivity contribution in [3.63, 3.8) is 0 Å². The molecule has 0 atom stereocenters. The number of nitrogens with zero attached hydrogens (tertiary/aromatic N) is 1. The molecule has 1 aromatic heterocycles. The second-order valence-electron chi connectivity index (χ2n) is 12.2. The van der Waals surface area contributed by atoms with Crippen LogP contribution in [0.3, 0.4) is 0 Å². The fourth-order valence-corrected chi connectivity index (χ4v) is 8.01. The lowest BCUT2D eigenvalue weighted by atomic mass is 9.93. The number of hydrogen-bond donors (Lipinski definition) is 0. The third-order valence-electron chi connectivity index (χ3n) is 9.24. The zero-order valence-corrected chi connectivity index (χ0v) is 27.1. The van der Waals surface area contributed by atoms with Gasteiger partial charge in [-0.05, 0) is 98.8 Å². The van der Waals surface area contributed by atoms with Crippen LogP contribution in [0.4, 0.5) is 17.1 Å². The fraction of sp³-hybridized carbons (Fsp3) is 0. The predicted molar refractivity (Wildman–Crippen MR) is 208 cm³/mol. The molecule has 226 valence electrons. The van der Waals surface area contributed by atoms with E-state index >= 15 is 0 Å². The van der Waals surface area contributed by atoms with Crippen LogP contribution in [0.25, 0.3) is 64.3 Å². The van der Waals surface area contributed by atoms with Crippen molar-refractivity contribution >= 4 is 59.3 Å². The monoisotopic (exact) mass is 629 g/mol. The maximum absolute atomic E-state index is 2.39. The van der Waals surface area contributed by atoms with Crippen LogP contribution in [-0.2, 0) is 0 Å². The second-order valence-corrected chi connectivity index (χ2v) is 13.3. The van der Waals surface area contributed by atoms with E-state index in [0.29, 0.717) is 0 Å². The second kappa shape index (κ2) is 12.0. The van der Waals surface area contributed by atoms with Crippen LogP contribution >= 0.6 is 11.3 Å². The Labute approximate surface area is 284 Å². The summed E-state index contributed by atoms with van der Waals surface area (Å²) in [6.45, 7) is 0. The van der Waals surface area contributed by atoms with Crippen molar-refractivity contribution in [2.45, 2.75) is 0 Å². The molecule has 0 radical (unpaired) electrons. The molecule has 48 heavy (non-hydrogen) atoms. The molecule has 2 heteroatoms. The van der Waals surface area contributed by atoms with Gasteiger partial charge in [-0.25, -0.2) is 0 Å². The van der Waals surface area contributed by atoms with Crippen LogP contribution in [0, 0.1) is 0 Å². The van der Waals surface area contributed by atoms with Gasteiger partial charge >= 0.3 is 0 Å². The van der Waals surface area contributed by atoms with Crippen molar-refractivity contribution in [1.82, 2.24) is 0 Å². The van der Waals surface area contributed by atoms with Crippen molar-refractivity contribution in [2.24, 2.45) is 0 Å². The van der Waals surface area contributed by atoms with Crippen molar-refractivity contribution in [3.05, 3.63) is 188 Å². The minimum Gasteiger partial charge on any atom is -0.310 e. The molecule has 0 unspecified atom stereocenters. The van der Waals surface area contributed by atoms with E-state index in [-0.39, 0.29) is 0 Å². The van der Waals surface area contributed by atoms with E-state index in [9.17, 15) is 0 Å². The van der Waals surface area contributed by atoms with Gasteiger partial charge in [-0.15, -0.1) is 11.3 Å². The van der Waals surface area contributed by atoms with Gasteiger partial charge in [-0.2, -0.15) is 0 Å². The molecule has 0 N–H and O–H groups in total. The summed E-state index contributed by atoms with van der Waals surface area (Å²) in [5, 5.41) is 5.14. The van der Waals surface area contributed by atoms with E-state index in [4.69, 9.17) is 0 Å². The van der Waals surface area contributed by atoms with Gasteiger partial charge in [-0.3, -0.25) is 0 Å². The molecule has 0 saturated heterocycles. The van der Waals surface area contributed by atoms with Crippen LogP contribution in [0.2, 0.25) is 0 Å². The Bertz CT molecular complexity index is 2530. The first-order chi connectivity index (χ1) is 23.8. The SMILES string of the molecule is c1ccc(-c2ccc(N(c3ccc(-c4ccccc4)c(-c4ccccc4)c3)c3ccc4cc5c(cc4c3)sc3ccccc35)cc2)cc1. The highest BCUT2D eigenvalue weighted by atomic mass is 32.1. The van der Waals surface area contributed by atoms with Gasteiger partial charge < -0.3 is 4.90 Å². The van der Waals surface area contributed by atoms with Gasteiger partial charge in [0, 0.05) is 37.2 Å². The summed E-state index contributed by atoms with van der Waals surface area (Å²) >= 11 is 1.87. The molecule has 9 aromatic rings. The van der Waals surface area contributed by atoms with E-state index < -0.39 is 0 Å². The first-order valence-electron chi connectivity index (χ1n) is 16.3. The van der Waals surface area contributed by atoms with Gasteiger partial charge in [0.2, 0.25) is 0 Å². The molecule has 9 rings (SSSR count). The zero-order valence-electron chi connectivity index (χ0n) is 26.3. The van der Waals surface area contributed by atoms with Crippen LogP contribution in [0.5, 0.6) is 0 Å². The highest BCUT2D eigenvalue weighted by Gasteiger charge is 2.17. The summed E-state index contributed by atoms with van der Waals surface area (Å²) < 4.78 is 2.65. The summed E-state index contributed by atoms with van der Waals surface area (Å²) in [4.78, 5) is 2.39. The minimum absolute atomic E-state index is 1.11. The Morgan fingerprint density at radius 1 is 0.312 bits per heavy atom. The van der Waals surface area contributed by atoms with E-state index in [1.54, 1.807) is 0 Å². The zero-order chi connectivity index (χ0) is 31.9. The molecule has 0 aliphatic rings. The van der Waals surface area contributed by atoms with Crippen molar-refractivity contribution in [3.8, 4) is 33.4 Å². The van der Waals surface area contributed by atoms with Crippen molar-refractivity contribution in [2.75, 3.05) is 4.90 Å². The molecule has 1 heterocycles. The summed E-state index contributed by atoms with van der Waals surface area (Å²) in [5.41, 5.74) is 10.6. The smallest absolute Gasteiger partial charge is 0.0468 e. The fourth-order valence-electron chi connectivity index (χ4n) is 6.87. The molecule has 1 nitrogen and oxygen atoms in total. The van der Waals surface area contributed by atoms with Gasteiger partial charge in [0.1, 0.15) is 0 Å². The minimum atomic E-state index is 1.11. The van der Waals surface area contributed by atoms with E-state index in [0.717, 1.165) is 17.1 Å². The highest BCUT2D eigenvalue weighted by molar-refractivity contribution is 7.25. The van der Waals surface area contributed by atoms with Gasteiger partial charge in [-0.1, -0.05) is 133 Å². The maximum atomic E-state index is 2.39. The van der Waals surface area contributed by atoms with Gasteiger partial charge in [0.25, 0.3) is 0 Å². The van der Waals surface area contributed by atoms with E-state index in [1.807, 2.05) is 11.3 Å². The largest absolute Gasteiger partial charge is 0.310 e. The Kier molecular flexibility index (Phi) is 7.07. The number of rotatable bonds is 6. The third-order valence-corrected chi connectivity index (χ3v) is 10.4. The summed E-state index contributed by atoms with van der Waals surface area (Å²) in [5.74, 6) is 0. The molecule has 0 amide bonds. The van der Waals surface area contributed by atoms with Crippen LogP contribution in [0.15, 0.2) is 188 Å². The number of fused-ring (bicyclic) bond motifs is 4. The van der Waals surface area contributed by atoms with Crippen molar-refractivity contribution < 1.29 is 0 Å². The Morgan fingerprint density at radius 3 is 1.60 bits per heavy atom. The molecule has 0 bridgehead atoms. The molecular weight excluding hydrogens is 599 g/mol. The quantitative estimate of drug-likeness (QED) is 0.177. The Hall–Kier alpha value is -5.96. The number of benzene rings is 8. The lowest BCUT2D eigenvalue weighted by molar-refractivity contribution is 1.29. The molecule has 0 saturated carbocycles. The summed E-state index contributed by atoms with van der Waals surface area (Å²) in [7, 11) is 0. The number of thiophene rings is 1. The first-order valence-corrected chi connectivity index (χ1v) is 17.2. The summed E-state index contributed by atoms with van der Waals surface area (Å²) in [6.07, 6.45) is 0. The third kappa shape index (κ3) is 5.13. The highest BCUT2D eigenvalue weighted by Crippen LogP contribution is 2.43. The molecular formula is C46H31NS. The average molecular weight is 630 g/mol. The van der Waals surface area contributed by atoms with E-state index in [2.05, 4.69) is 193 Å². The summed E-state index contributed by atoms with van der Waals surface area (Å²) in [6, 6.07) is 68.2. The normalized spacial score (nSPS) is 11.3. The first kappa shape index (κ1) is 28.3. The Morgan fingerprint density at radius 2 is 0.875 bits per heavy atom. The lowest BCUT2D eigenvalue weighted by Crippen LogP contribution is -2.10. The molecule has 0 aliphatic heterocycles. The molecule has 0 spiro atoms.